The third-order valence-corrected chi connectivity index (χ3v) is 4.32. The smallest absolute Gasteiger partial charge is 0.234 e. The lowest BCUT2D eigenvalue weighted by atomic mass is 9.82. The third-order valence-electron chi connectivity index (χ3n) is 4.32. The molecule has 0 radical (unpaired) electrons. The standard InChI is InChI=1S/C21H14O2/c1-13-6-8-14(9-7-13)15-10-11-17-16-4-2-3-5-18(16)20(22)21(23)19(17)12-15/h2-12H,1H3. The maximum atomic E-state index is 12.5. The molecule has 0 fully saturated rings. The predicted molar refractivity (Wildman–Crippen MR) is 90.7 cm³/mol. The summed E-state index contributed by atoms with van der Waals surface area (Å²) < 4.78 is 0. The highest BCUT2D eigenvalue weighted by molar-refractivity contribution is 6.53. The second-order valence-corrected chi connectivity index (χ2v) is 5.83. The second-order valence-electron chi connectivity index (χ2n) is 5.83. The molecule has 0 bridgehead atoms. The summed E-state index contributed by atoms with van der Waals surface area (Å²) in [4.78, 5) is 24.8. The Hall–Kier alpha value is -3.00. The van der Waals surface area contributed by atoms with Crippen LogP contribution in [0.1, 0.15) is 26.3 Å². The van der Waals surface area contributed by atoms with Crippen molar-refractivity contribution in [1.82, 2.24) is 0 Å². The summed E-state index contributed by atoms with van der Waals surface area (Å²) in [6.45, 7) is 2.04. The molecule has 0 unspecified atom stereocenters. The Balaban J connectivity index is 1.92. The zero-order valence-electron chi connectivity index (χ0n) is 12.7. The molecule has 2 heteroatoms. The number of fused-ring (bicyclic) bond motifs is 3. The molecule has 0 amide bonds. The van der Waals surface area contributed by atoms with Crippen molar-refractivity contribution < 1.29 is 9.59 Å². The van der Waals surface area contributed by atoms with Crippen molar-refractivity contribution in [1.29, 1.82) is 0 Å². The van der Waals surface area contributed by atoms with Crippen molar-refractivity contribution in [2.45, 2.75) is 6.92 Å². The van der Waals surface area contributed by atoms with Gasteiger partial charge < -0.3 is 0 Å². The van der Waals surface area contributed by atoms with E-state index in [1.807, 2.05) is 61.5 Å². The van der Waals surface area contributed by atoms with Crippen LogP contribution in [0.5, 0.6) is 0 Å². The lowest BCUT2D eigenvalue weighted by molar-refractivity contribution is 0.0815. The number of carbonyl (C=O) groups is 2. The lowest BCUT2D eigenvalue weighted by Crippen LogP contribution is -2.21. The van der Waals surface area contributed by atoms with Crippen molar-refractivity contribution in [3.8, 4) is 22.3 Å². The van der Waals surface area contributed by atoms with Gasteiger partial charge in [0.2, 0.25) is 11.6 Å². The summed E-state index contributed by atoms with van der Waals surface area (Å²) in [5.41, 5.74) is 5.83. The molecule has 0 saturated heterocycles. The summed E-state index contributed by atoms with van der Waals surface area (Å²) in [5.74, 6) is -0.846. The Labute approximate surface area is 134 Å². The first kappa shape index (κ1) is 13.6. The van der Waals surface area contributed by atoms with Crippen molar-refractivity contribution in [2.24, 2.45) is 0 Å². The Morgan fingerprint density at radius 1 is 0.565 bits per heavy atom. The number of hydrogen-bond donors (Lipinski definition) is 0. The predicted octanol–water partition coefficient (Wildman–Crippen LogP) is 4.71. The average Bonchev–Trinajstić information content (AvgIpc) is 2.60. The van der Waals surface area contributed by atoms with E-state index in [1.165, 1.54) is 5.56 Å². The molecule has 0 atom stereocenters. The van der Waals surface area contributed by atoms with Crippen LogP contribution >= 0.6 is 0 Å². The molecule has 3 aromatic carbocycles. The fraction of sp³-hybridized carbons (Fsp3) is 0.0476. The zero-order chi connectivity index (χ0) is 16.0. The first-order valence-electron chi connectivity index (χ1n) is 7.54. The van der Waals surface area contributed by atoms with Crippen molar-refractivity contribution in [2.75, 3.05) is 0 Å². The van der Waals surface area contributed by atoms with Crippen LogP contribution in [0.4, 0.5) is 0 Å². The largest absolute Gasteiger partial charge is 0.285 e. The molecule has 0 saturated carbocycles. The Bertz CT molecular complexity index is 950. The van der Waals surface area contributed by atoms with Gasteiger partial charge in [-0.1, -0.05) is 66.2 Å². The van der Waals surface area contributed by atoms with Gasteiger partial charge in [-0.3, -0.25) is 9.59 Å². The maximum Gasteiger partial charge on any atom is 0.234 e. The topological polar surface area (TPSA) is 34.1 Å². The van der Waals surface area contributed by atoms with Crippen LogP contribution in [0.15, 0.2) is 66.7 Å². The van der Waals surface area contributed by atoms with Crippen molar-refractivity contribution in [3.63, 3.8) is 0 Å². The molecule has 4 rings (SSSR count). The van der Waals surface area contributed by atoms with Crippen LogP contribution in [-0.2, 0) is 0 Å². The summed E-state index contributed by atoms with van der Waals surface area (Å²) in [7, 11) is 0. The Morgan fingerprint density at radius 2 is 1.13 bits per heavy atom. The molecule has 0 aromatic heterocycles. The van der Waals surface area contributed by atoms with Crippen LogP contribution in [0.2, 0.25) is 0 Å². The van der Waals surface area contributed by atoms with Gasteiger partial charge >= 0.3 is 0 Å². The molecule has 1 aliphatic carbocycles. The van der Waals surface area contributed by atoms with E-state index < -0.39 is 11.6 Å². The van der Waals surface area contributed by atoms with E-state index in [9.17, 15) is 9.59 Å². The molecule has 110 valence electrons. The van der Waals surface area contributed by atoms with Gasteiger partial charge in [0.1, 0.15) is 0 Å². The molecule has 2 nitrogen and oxygen atoms in total. The SMILES string of the molecule is Cc1ccc(-c2ccc3c(c2)C(=O)C(=O)c2ccccc2-3)cc1. The Morgan fingerprint density at radius 3 is 1.87 bits per heavy atom. The molecule has 0 spiro atoms. The van der Waals surface area contributed by atoms with Gasteiger partial charge in [0.15, 0.2) is 0 Å². The third kappa shape index (κ3) is 2.11. The Kier molecular flexibility index (Phi) is 2.98. The van der Waals surface area contributed by atoms with Gasteiger partial charge in [-0.2, -0.15) is 0 Å². The summed E-state index contributed by atoms with van der Waals surface area (Å²) >= 11 is 0. The van der Waals surface area contributed by atoms with Crippen LogP contribution in [0.3, 0.4) is 0 Å². The highest BCUT2D eigenvalue weighted by Crippen LogP contribution is 2.35. The molecule has 0 heterocycles. The summed E-state index contributed by atoms with van der Waals surface area (Å²) in [6, 6.07) is 21.2. The minimum absolute atomic E-state index is 0.422. The van der Waals surface area contributed by atoms with Crippen LogP contribution < -0.4 is 0 Å². The number of ketones is 2. The molecule has 0 aliphatic heterocycles. The van der Waals surface area contributed by atoms with E-state index in [2.05, 4.69) is 0 Å². The minimum atomic E-state index is -0.423. The summed E-state index contributed by atoms with van der Waals surface area (Å²) in [5, 5.41) is 0. The number of aryl methyl sites for hydroxylation is 1. The van der Waals surface area contributed by atoms with E-state index in [0.717, 1.165) is 22.3 Å². The van der Waals surface area contributed by atoms with Gasteiger partial charge in [-0.25, -0.2) is 0 Å². The van der Waals surface area contributed by atoms with E-state index in [1.54, 1.807) is 12.1 Å². The average molecular weight is 298 g/mol. The molecular weight excluding hydrogens is 284 g/mol. The van der Waals surface area contributed by atoms with E-state index in [-0.39, 0.29) is 0 Å². The minimum Gasteiger partial charge on any atom is -0.285 e. The number of hydrogen-bond acceptors (Lipinski definition) is 2. The number of carbonyl (C=O) groups excluding carboxylic acids is 2. The van der Waals surface area contributed by atoms with E-state index in [4.69, 9.17) is 0 Å². The van der Waals surface area contributed by atoms with Gasteiger partial charge in [-0.05, 0) is 35.2 Å². The van der Waals surface area contributed by atoms with Gasteiger partial charge in [0.05, 0.1) is 0 Å². The van der Waals surface area contributed by atoms with Crippen LogP contribution in [0.25, 0.3) is 22.3 Å². The quantitative estimate of drug-likeness (QED) is 0.610. The number of Topliss-reactive ketones (excluding diaryl/α,β-unsaturated/α-hetero) is 2. The molecule has 0 N–H and O–H groups in total. The fourth-order valence-electron chi connectivity index (χ4n) is 3.05. The number of rotatable bonds is 1. The maximum absolute atomic E-state index is 12.5. The molecule has 23 heavy (non-hydrogen) atoms. The van der Waals surface area contributed by atoms with Crippen molar-refractivity contribution >= 4 is 11.6 Å². The van der Waals surface area contributed by atoms with Gasteiger partial charge in [-0.15, -0.1) is 0 Å². The first-order chi connectivity index (χ1) is 11.1. The van der Waals surface area contributed by atoms with E-state index in [0.29, 0.717) is 11.1 Å². The molecule has 1 aliphatic rings. The zero-order valence-corrected chi connectivity index (χ0v) is 12.7. The molecular formula is C21H14O2. The van der Waals surface area contributed by atoms with Gasteiger partial charge in [0, 0.05) is 11.1 Å². The normalized spacial score (nSPS) is 12.7. The monoisotopic (exact) mass is 298 g/mol. The van der Waals surface area contributed by atoms with E-state index >= 15 is 0 Å². The summed E-state index contributed by atoms with van der Waals surface area (Å²) in [6.07, 6.45) is 0. The first-order valence-corrected chi connectivity index (χ1v) is 7.54. The highest BCUT2D eigenvalue weighted by Gasteiger charge is 2.30. The van der Waals surface area contributed by atoms with Crippen molar-refractivity contribution in [3.05, 3.63) is 83.4 Å². The number of benzene rings is 3. The molecule has 3 aromatic rings. The fourth-order valence-corrected chi connectivity index (χ4v) is 3.05. The second kappa shape index (κ2) is 5.03. The van der Waals surface area contributed by atoms with Crippen LogP contribution in [-0.4, -0.2) is 11.6 Å². The van der Waals surface area contributed by atoms with Gasteiger partial charge in [0.25, 0.3) is 0 Å². The lowest BCUT2D eigenvalue weighted by Gasteiger charge is -2.18. The van der Waals surface area contributed by atoms with Crippen LogP contribution in [0, 0.1) is 6.92 Å². The highest BCUT2D eigenvalue weighted by atomic mass is 16.2.